The molecule has 0 aromatic heterocycles. The number of rotatable bonds is 4. The molecule has 0 bridgehead atoms. The standard InChI is InChI=1S/C23H25N3O3/c1-16-8-9-18-19(14-16)23(29)26(22(18)28)11-10-21(27)25-13-12-24(2)15-20(25)17-6-4-3-5-7-17/h3-9,14,20H,10-13,15H2,1-2H3. The van der Waals surface area contributed by atoms with E-state index in [0.29, 0.717) is 17.7 Å². The van der Waals surface area contributed by atoms with Crippen molar-refractivity contribution in [2.24, 2.45) is 0 Å². The summed E-state index contributed by atoms with van der Waals surface area (Å²) in [6.45, 7) is 4.21. The summed E-state index contributed by atoms with van der Waals surface area (Å²) in [5.74, 6) is -0.644. The van der Waals surface area contributed by atoms with Gasteiger partial charge in [0.15, 0.2) is 0 Å². The second-order valence-corrected chi connectivity index (χ2v) is 7.84. The first-order valence-electron chi connectivity index (χ1n) is 9.95. The van der Waals surface area contributed by atoms with E-state index in [2.05, 4.69) is 11.9 Å². The van der Waals surface area contributed by atoms with E-state index in [0.717, 1.165) is 24.2 Å². The number of carbonyl (C=O) groups excluding carboxylic acids is 3. The fourth-order valence-electron chi connectivity index (χ4n) is 4.14. The summed E-state index contributed by atoms with van der Waals surface area (Å²) in [6.07, 6.45) is 0.136. The van der Waals surface area contributed by atoms with Crippen LogP contribution in [0.2, 0.25) is 0 Å². The monoisotopic (exact) mass is 391 g/mol. The first kappa shape index (κ1) is 19.3. The number of nitrogens with zero attached hydrogens (tertiary/aromatic N) is 3. The predicted octanol–water partition coefficient (Wildman–Crippen LogP) is 2.50. The lowest BCUT2D eigenvalue weighted by Crippen LogP contribution is -2.50. The number of amides is 3. The topological polar surface area (TPSA) is 60.9 Å². The van der Waals surface area contributed by atoms with Crippen LogP contribution in [0.3, 0.4) is 0 Å². The van der Waals surface area contributed by atoms with Crippen molar-refractivity contribution in [2.75, 3.05) is 33.2 Å². The van der Waals surface area contributed by atoms with Gasteiger partial charge in [-0.3, -0.25) is 19.3 Å². The number of fused-ring (bicyclic) bond motifs is 1. The summed E-state index contributed by atoms with van der Waals surface area (Å²) in [4.78, 5) is 43.6. The number of hydrogen-bond acceptors (Lipinski definition) is 4. The van der Waals surface area contributed by atoms with Crippen molar-refractivity contribution in [1.29, 1.82) is 0 Å². The molecule has 2 heterocycles. The van der Waals surface area contributed by atoms with Gasteiger partial charge in [-0.15, -0.1) is 0 Å². The van der Waals surface area contributed by atoms with Crippen LogP contribution in [0.25, 0.3) is 0 Å². The lowest BCUT2D eigenvalue weighted by Gasteiger charge is -2.40. The van der Waals surface area contributed by atoms with E-state index in [-0.39, 0.29) is 36.7 Å². The molecule has 150 valence electrons. The van der Waals surface area contributed by atoms with E-state index >= 15 is 0 Å². The first-order chi connectivity index (χ1) is 14.0. The van der Waals surface area contributed by atoms with Crippen LogP contribution in [0.4, 0.5) is 0 Å². The van der Waals surface area contributed by atoms with E-state index in [9.17, 15) is 14.4 Å². The van der Waals surface area contributed by atoms with Gasteiger partial charge in [0.1, 0.15) is 0 Å². The number of imide groups is 1. The molecule has 0 radical (unpaired) electrons. The molecule has 2 aromatic rings. The Morgan fingerprint density at radius 2 is 1.72 bits per heavy atom. The van der Waals surface area contributed by atoms with E-state index in [1.54, 1.807) is 12.1 Å². The summed E-state index contributed by atoms with van der Waals surface area (Å²) in [5.41, 5.74) is 2.90. The Labute approximate surface area is 170 Å². The van der Waals surface area contributed by atoms with E-state index in [1.165, 1.54) is 4.90 Å². The normalized spacial score (nSPS) is 19.6. The van der Waals surface area contributed by atoms with Gasteiger partial charge < -0.3 is 9.80 Å². The van der Waals surface area contributed by atoms with E-state index in [1.807, 2.05) is 48.2 Å². The quantitative estimate of drug-likeness (QED) is 0.752. The maximum absolute atomic E-state index is 13.0. The molecular formula is C23H25N3O3. The van der Waals surface area contributed by atoms with Gasteiger partial charge in [0.05, 0.1) is 17.2 Å². The zero-order valence-electron chi connectivity index (χ0n) is 16.8. The van der Waals surface area contributed by atoms with Gasteiger partial charge in [-0.2, -0.15) is 0 Å². The Hall–Kier alpha value is -2.99. The summed E-state index contributed by atoms with van der Waals surface area (Å²) in [5, 5.41) is 0. The number of aryl methyl sites for hydroxylation is 1. The Morgan fingerprint density at radius 3 is 2.48 bits per heavy atom. The Bertz CT molecular complexity index is 957. The first-order valence-corrected chi connectivity index (χ1v) is 9.95. The molecule has 1 saturated heterocycles. The van der Waals surface area contributed by atoms with Gasteiger partial charge in [-0.05, 0) is 31.7 Å². The molecule has 1 atom stereocenters. The molecule has 0 saturated carbocycles. The van der Waals surface area contributed by atoms with Crippen LogP contribution in [-0.2, 0) is 4.79 Å². The third-order valence-electron chi connectivity index (χ3n) is 5.76. The van der Waals surface area contributed by atoms with Gasteiger partial charge >= 0.3 is 0 Å². The fraction of sp³-hybridized carbons (Fsp3) is 0.348. The number of carbonyl (C=O) groups is 3. The van der Waals surface area contributed by atoms with Crippen LogP contribution < -0.4 is 0 Å². The highest BCUT2D eigenvalue weighted by Gasteiger charge is 2.36. The molecule has 6 heteroatoms. The second-order valence-electron chi connectivity index (χ2n) is 7.84. The lowest BCUT2D eigenvalue weighted by atomic mass is 10.0. The molecule has 2 aliphatic heterocycles. The molecule has 0 N–H and O–H groups in total. The maximum Gasteiger partial charge on any atom is 0.261 e. The summed E-state index contributed by atoms with van der Waals surface area (Å²) in [6, 6.07) is 15.2. The minimum absolute atomic E-state index is 0.0210. The lowest BCUT2D eigenvalue weighted by molar-refractivity contribution is -0.136. The average molecular weight is 391 g/mol. The second kappa shape index (κ2) is 7.79. The molecule has 0 spiro atoms. The van der Waals surface area contributed by atoms with Gasteiger partial charge in [-0.1, -0.05) is 42.0 Å². The minimum atomic E-state index is -0.309. The van der Waals surface area contributed by atoms with Gasteiger partial charge in [-0.25, -0.2) is 0 Å². The van der Waals surface area contributed by atoms with E-state index in [4.69, 9.17) is 0 Å². The van der Waals surface area contributed by atoms with Crippen LogP contribution in [0.1, 0.15) is 44.3 Å². The number of likely N-dealkylation sites (N-methyl/N-ethyl adjacent to an activating group) is 1. The van der Waals surface area contributed by atoms with Crippen molar-refractivity contribution >= 4 is 17.7 Å². The summed E-state index contributed by atoms with van der Waals surface area (Å²) in [7, 11) is 2.05. The highest BCUT2D eigenvalue weighted by atomic mass is 16.2. The highest BCUT2D eigenvalue weighted by Crippen LogP contribution is 2.27. The number of hydrogen-bond donors (Lipinski definition) is 0. The summed E-state index contributed by atoms with van der Waals surface area (Å²) >= 11 is 0. The summed E-state index contributed by atoms with van der Waals surface area (Å²) < 4.78 is 0. The van der Waals surface area contributed by atoms with E-state index < -0.39 is 0 Å². The van der Waals surface area contributed by atoms with Gasteiger partial charge in [0.25, 0.3) is 11.8 Å². The van der Waals surface area contributed by atoms with Crippen molar-refractivity contribution in [1.82, 2.24) is 14.7 Å². The molecular weight excluding hydrogens is 366 g/mol. The third kappa shape index (κ3) is 3.68. The van der Waals surface area contributed by atoms with Crippen LogP contribution in [0.5, 0.6) is 0 Å². The van der Waals surface area contributed by atoms with Crippen molar-refractivity contribution < 1.29 is 14.4 Å². The van der Waals surface area contributed by atoms with Crippen LogP contribution in [-0.4, -0.2) is 65.6 Å². The maximum atomic E-state index is 13.0. The van der Waals surface area contributed by atoms with Crippen molar-refractivity contribution in [3.05, 3.63) is 70.8 Å². The minimum Gasteiger partial charge on any atom is -0.333 e. The molecule has 29 heavy (non-hydrogen) atoms. The number of benzene rings is 2. The zero-order valence-corrected chi connectivity index (χ0v) is 16.8. The molecule has 2 aromatic carbocycles. The van der Waals surface area contributed by atoms with Crippen molar-refractivity contribution in [3.63, 3.8) is 0 Å². The van der Waals surface area contributed by atoms with Crippen molar-refractivity contribution in [3.8, 4) is 0 Å². The van der Waals surface area contributed by atoms with Crippen LogP contribution in [0.15, 0.2) is 48.5 Å². The average Bonchev–Trinajstić information content (AvgIpc) is 2.96. The van der Waals surface area contributed by atoms with Crippen LogP contribution in [0, 0.1) is 6.92 Å². The van der Waals surface area contributed by atoms with Crippen LogP contribution >= 0.6 is 0 Å². The molecule has 4 rings (SSSR count). The molecule has 0 aliphatic carbocycles. The van der Waals surface area contributed by atoms with Gasteiger partial charge in [0, 0.05) is 32.6 Å². The number of piperazine rings is 1. The SMILES string of the molecule is Cc1ccc2c(c1)C(=O)N(CCC(=O)N1CCN(C)CC1c1ccccc1)C2=O. The largest absolute Gasteiger partial charge is 0.333 e. The Kier molecular flexibility index (Phi) is 5.20. The smallest absolute Gasteiger partial charge is 0.261 e. The highest BCUT2D eigenvalue weighted by molar-refractivity contribution is 6.21. The zero-order chi connectivity index (χ0) is 20.5. The molecule has 1 fully saturated rings. The fourth-order valence-corrected chi connectivity index (χ4v) is 4.14. The van der Waals surface area contributed by atoms with Gasteiger partial charge in [0.2, 0.25) is 5.91 Å². The molecule has 1 unspecified atom stereocenters. The third-order valence-corrected chi connectivity index (χ3v) is 5.76. The Balaban J connectivity index is 1.46. The molecule has 3 amide bonds. The van der Waals surface area contributed by atoms with Crippen molar-refractivity contribution in [2.45, 2.75) is 19.4 Å². The molecule has 6 nitrogen and oxygen atoms in total. The molecule has 2 aliphatic rings. The Morgan fingerprint density at radius 1 is 1.00 bits per heavy atom. The predicted molar refractivity (Wildman–Crippen MR) is 110 cm³/mol.